The Hall–Kier alpha value is -0.520. The molecule has 0 aliphatic carbocycles. The molecule has 0 fully saturated rings. The Morgan fingerprint density at radius 1 is 1.07 bits per heavy atom. The van der Waals surface area contributed by atoms with Gasteiger partial charge in [0.15, 0.2) is 0 Å². The summed E-state index contributed by atoms with van der Waals surface area (Å²) in [6, 6.07) is 0. The highest BCUT2D eigenvalue weighted by molar-refractivity contribution is 5.13. The van der Waals surface area contributed by atoms with Crippen molar-refractivity contribution in [2.45, 2.75) is 66.2 Å². The molecule has 0 spiro atoms. The lowest BCUT2D eigenvalue weighted by Gasteiger charge is -2.10. The first kappa shape index (κ1) is 14.5. The molecule has 0 aliphatic heterocycles. The van der Waals surface area contributed by atoms with Crippen LogP contribution in [-0.2, 0) is 0 Å². The molecule has 0 saturated carbocycles. The molecular weight excluding hydrogens is 180 g/mol. The summed E-state index contributed by atoms with van der Waals surface area (Å²) < 4.78 is 0. The molecule has 0 rings (SSSR count). The zero-order valence-corrected chi connectivity index (χ0v) is 11.1. The Morgan fingerprint density at radius 3 is 2.27 bits per heavy atom. The number of hydrogen-bond donors (Lipinski definition) is 0. The number of allylic oxidation sites excluding steroid dienone is 4. The van der Waals surface area contributed by atoms with Gasteiger partial charge >= 0.3 is 0 Å². The third kappa shape index (κ3) is 8.47. The van der Waals surface area contributed by atoms with Gasteiger partial charge in [0.05, 0.1) is 0 Å². The third-order valence-corrected chi connectivity index (χ3v) is 2.81. The van der Waals surface area contributed by atoms with E-state index in [1.165, 1.54) is 38.5 Å². The van der Waals surface area contributed by atoms with Gasteiger partial charge in [0.25, 0.3) is 0 Å². The highest BCUT2D eigenvalue weighted by Crippen LogP contribution is 2.18. The second kappa shape index (κ2) is 10.0. The van der Waals surface area contributed by atoms with Crippen molar-refractivity contribution in [2.24, 2.45) is 5.92 Å². The topological polar surface area (TPSA) is 0 Å². The minimum atomic E-state index is 0.701. The molecule has 0 saturated heterocycles. The highest BCUT2D eigenvalue weighted by Gasteiger charge is 2.01. The summed E-state index contributed by atoms with van der Waals surface area (Å²) in [5.41, 5.74) is 1.60. The first-order valence-electron chi connectivity index (χ1n) is 6.54. The molecule has 0 unspecified atom stereocenters. The van der Waals surface area contributed by atoms with Gasteiger partial charge in [0, 0.05) is 0 Å². The molecule has 0 aliphatic rings. The van der Waals surface area contributed by atoms with E-state index in [4.69, 9.17) is 0 Å². The fourth-order valence-electron chi connectivity index (χ4n) is 1.72. The van der Waals surface area contributed by atoms with Crippen LogP contribution in [0.3, 0.4) is 0 Å². The van der Waals surface area contributed by atoms with E-state index >= 15 is 0 Å². The first-order chi connectivity index (χ1) is 7.22. The minimum absolute atomic E-state index is 0.701. The molecule has 0 atom stereocenters. The Morgan fingerprint density at radius 2 is 1.73 bits per heavy atom. The summed E-state index contributed by atoms with van der Waals surface area (Å²) >= 11 is 0. The quantitative estimate of drug-likeness (QED) is 0.365. The van der Waals surface area contributed by atoms with Gasteiger partial charge in [-0.3, -0.25) is 0 Å². The molecule has 0 aromatic heterocycles. The average Bonchev–Trinajstić information content (AvgIpc) is 2.21. The second-order valence-electron chi connectivity index (χ2n) is 4.59. The van der Waals surface area contributed by atoms with Gasteiger partial charge in [-0.05, 0) is 25.7 Å². The number of rotatable bonds is 8. The van der Waals surface area contributed by atoms with Crippen molar-refractivity contribution in [1.82, 2.24) is 0 Å². The van der Waals surface area contributed by atoms with E-state index in [1.807, 2.05) is 0 Å². The van der Waals surface area contributed by atoms with Gasteiger partial charge in [0.2, 0.25) is 0 Å². The van der Waals surface area contributed by atoms with Crippen molar-refractivity contribution < 1.29 is 0 Å². The predicted molar refractivity (Wildman–Crippen MR) is 71.1 cm³/mol. The lowest BCUT2D eigenvalue weighted by Crippen LogP contribution is -1.94. The fourth-order valence-corrected chi connectivity index (χ4v) is 1.72. The van der Waals surface area contributed by atoms with Crippen LogP contribution in [0, 0.1) is 5.92 Å². The molecule has 0 aromatic carbocycles. The van der Waals surface area contributed by atoms with Crippen LogP contribution in [0.25, 0.3) is 0 Å². The maximum Gasteiger partial charge on any atom is -0.0257 e. The summed E-state index contributed by atoms with van der Waals surface area (Å²) in [6.45, 7) is 8.93. The minimum Gasteiger partial charge on any atom is -0.0877 e. The van der Waals surface area contributed by atoms with E-state index in [9.17, 15) is 0 Å². The molecule has 88 valence electrons. The van der Waals surface area contributed by atoms with E-state index in [1.54, 1.807) is 5.57 Å². The molecule has 0 N–H and O–H groups in total. The third-order valence-electron chi connectivity index (χ3n) is 2.81. The maximum atomic E-state index is 2.30. The van der Waals surface area contributed by atoms with Crippen LogP contribution in [0.15, 0.2) is 23.8 Å². The van der Waals surface area contributed by atoms with E-state index in [0.717, 1.165) is 0 Å². The molecule has 0 nitrogen and oxygen atoms in total. The van der Waals surface area contributed by atoms with Gasteiger partial charge in [0.1, 0.15) is 0 Å². The van der Waals surface area contributed by atoms with Gasteiger partial charge in [-0.25, -0.2) is 0 Å². The number of hydrogen-bond acceptors (Lipinski definition) is 0. The molecule has 0 amide bonds. The summed E-state index contributed by atoms with van der Waals surface area (Å²) in [4.78, 5) is 0. The summed E-state index contributed by atoms with van der Waals surface area (Å²) in [6.07, 6.45) is 14.8. The van der Waals surface area contributed by atoms with E-state index < -0.39 is 0 Å². The van der Waals surface area contributed by atoms with Crippen molar-refractivity contribution in [2.75, 3.05) is 0 Å². The molecule has 0 aromatic rings. The predicted octanol–water partition coefficient (Wildman–Crippen LogP) is 5.51. The largest absolute Gasteiger partial charge is 0.0877 e. The summed E-state index contributed by atoms with van der Waals surface area (Å²) in [7, 11) is 0. The molecule has 0 heteroatoms. The number of unbranched alkanes of at least 4 members (excludes halogenated alkanes) is 4. The van der Waals surface area contributed by atoms with Crippen LogP contribution in [0.5, 0.6) is 0 Å². The van der Waals surface area contributed by atoms with Gasteiger partial charge in [-0.1, -0.05) is 70.3 Å². The van der Waals surface area contributed by atoms with Crippen molar-refractivity contribution in [3.63, 3.8) is 0 Å². The van der Waals surface area contributed by atoms with Crippen LogP contribution in [0.1, 0.15) is 66.2 Å². The zero-order chi connectivity index (χ0) is 11.5. The van der Waals surface area contributed by atoms with Crippen LogP contribution < -0.4 is 0 Å². The standard InChI is InChI=1S/C15H28/c1-5-7-9-10-11-13-15(14(3)4)12-8-6-2/h6,8,12,14H,5,7,9-11,13H2,1-4H3/b8-6-,15-12-. The maximum absolute atomic E-state index is 2.30. The Bertz CT molecular complexity index is 184. The van der Waals surface area contributed by atoms with Crippen LogP contribution >= 0.6 is 0 Å². The molecule has 15 heavy (non-hydrogen) atoms. The second-order valence-corrected chi connectivity index (χ2v) is 4.59. The van der Waals surface area contributed by atoms with E-state index in [-0.39, 0.29) is 0 Å². The summed E-state index contributed by atoms with van der Waals surface area (Å²) in [5, 5.41) is 0. The summed E-state index contributed by atoms with van der Waals surface area (Å²) in [5.74, 6) is 0.701. The Labute approximate surface area is 96.5 Å². The van der Waals surface area contributed by atoms with Crippen LogP contribution in [0.2, 0.25) is 0 Å². The lowest BCUT2D eigenvalue weighted by atomic mass is 9.96. The SMILES string of the molecule is C/C=C\C=C(\CCCCCCC)C(C)C. The highest BCUT2D eigenvalue weighted by atomic mass is 14.1. The first-order valence-corrected chi connectivity index (χ1v) is 6.54. The van der Waals surface area contributed by atoms with Crippen LogP contribution in [-0.4, -0.2) is 0 Å². The van der Waals surface area contributed by atoms with Crippen molar-refractivity contribution in [1.29, 1.82) is 0 Å². The van der Waals surface area contributed by atoms with Gasteiger partial charge < -0.3 is 0 Å². The van der Waals surface area contributed by atoms with Crippen molar-refractivity contribution in [3.05, 3.63) is 23.8 Å². The monoisotopic (exact) mass is 208 g/mol. The van der Waals surface area contributed by atoms with Gasteiger partial charge in [-0.15, -0.1) is 0 Å². The van der Waals surface area contributed by atoms with Crippen molar-refractivity contribution >= 4 is 0 Å². The van der Waals surface area contributed by atoms with Gasteiger partial charge in [-0.2, -0.15) is 0 Å². The molecule has 0 radical (unpaired) electrons. The average molecular weight is 208 g/mol. The molecular formula is C15H28. The van der Waals surface area contributed by atoms with Crippen LogP contribution in [0.4, 0.5) is 0 Å². The Kier molecular flexibility index (Phi) is 9.67. The lowest BCUT2D eigenvalue weighted by molar-refractivity contribution is 0.605. The smallest absolute Gasteiger partial charge is 0.0257 e. The molecule has 0 heterocycles. The van der Waals surface area contributed by atoms with Crippen molar-refractivity contribution in [3.8, 4) is 0 Å². The van der Waals surface area contributed by atoms with E-state index in [2.05, 4.69) is 45.9 Å². The zero-order valence-electron chi connectivity index (χ0n) is 11.1. The Balaban J connectivity index is 3.77. The van der Waals surface area contributed by atoms with E-state index in [0.29, 0.717) is 5.92 Å². The fraction of sp³-hybridized carbons (Fsp3) is 0.733. The normalized spacial score (nSPS) is 13.0. The molecule has 0 bridgehead atoms.